The molecule has 6 rings (SSSR count). The van der Waals surface area contributed by atoms with Crippen molar-refractivity contribution in [2.45, 2.75) is 81.0 Å². The van der Waals surface area contributed by atoms with Crippen LogP contribution in [0.15, 0.2) is 82.5 Å². The maximum Gasteiger partial charge on any atom is 0.332 e. The average molecular weight is 957 g/mol. The Hall–Kier alpha value is -5.38. The lowest BCUT2D eigenvalue weighted by Crippen LogP contribution is -2.40. The Labute approximate surface area is 372 Å². The summed E-state index contributed by atoms with van der Waals surface area (Å²) in [5.41, 5.74) is 7.44. The summed E-state index contributed by atoms with van der Waals surface area (Å²) in [4.78, 5) is 87.0. The van der Waals surface area contributed by atoms with Crippen molar-refractivity contribution in [2.24, 2.45) is 14.1 Å². The number of imidazole rings is 2. The van der Waals surface area contributed by atoms with Crippen LogP contribution in [0.3, 0.4) is 0 Å². The fourth-order valence-corrected chi connectivity index (χ4v) is 8.89. The first-order valence-corrected chi connectivity index (χ1v) is 22.4. The van der Waals surface area contributed by atoms with Gasteiger partial charge in [-0.15, -0.1) is 0 Å². The predicted octanol–water partition coefficient (Wildman–Crippen LogP) is 4.28. The molecule has 0 fully saturated rings. The van der Waals surface area contributed by atoms with E-state index >= 15 is 0 Å². The van der Waals surface area contributed by atoms with Crippen LogP contribution in [-0.2, 0) is 57.5 Å². The molecule has 6 aromatic rings. The maximum absolute atomic E-state index is 13.4. The Morgan fingerprint density at radius 3 is 1.82 bits per heavy atom. The Bertz CT molecular complexity index is 2810. The van der Waals surface area contributed by atoms with Crippen molar-refractivity contribution >= 4 is 79.4 Å². The summed E-state index contributed by atoms with van der Waals surface area (Å²) in [5.74, 6) is -0.678. The van der Waals surface area contributed by atoms with Crippen LogP contribution in [0.2, 0.25) is 0 Å². The van der Waals surface area contributed by atoms with E-state index in [-0.39, 0.29) is 54.0 Å². The van der Waals surface area contributed by atoms with Gasteiger partial charge >= 0.3 is 23.3 Å². The van der Waals surface area contributed by atoms with Gasteiger partial charge in [0.1, 0.15) is 10.5 Å². The Kier molecular flexibility index (Phi) is 16.6. The van der Waals surface area contributed by atoms with E-state index in [1.165, 1.54) is 39.8 Å². The van der Waals surface area contributed by atoms with Crippen LogP contribution in [-0.4, -0.2) is 87.2 Å². The van der Waals surface area contributed by atoms with Gasteiger partial charge in [0, 0.05) is 31.4 Å². The largest absolute Gasteiger partial charge is 0.465 e. The lowest BCUT2D eigenvalue weighted by molar-refractivity contribution is -0.143. The first-order valence-electron chi connectivity index (χ1n) is 19.8. The highest BCUT2D eigenvalue weighted by molar-refractivity contribution is 9.10. The quantitative estimate of drug-likeness (QED) is 0.0741. The number of nitrogens with one attached hydrogen (secondary N) is 1. The minimum atomic E-state index is -0.538. The number of benzene rings is 2. The number of H-pyrrole nitrogens is 1. The van der Waals surface area contributed by atoms with E-state index in [0.29, 0.717) is 48.5 Å². The molecule has 4 aromatic heterocycles. The highest BCUT2D eigenvalue weighted by Crippen LogP contribution is 2.31. The lowest BCUT2D eigenvalue weighted by atomic mass is 10.2. The van der Waals surface area contributed by atoms with Gasteiger partial charge in [0.15, 0.2) is 32.6 Å². The van der Waals surface area contributed by atoms with Crippen LogP contribution in [0.4, 0.5) is 5.69 Å². The van der Waals surface area contributed by atoms with Crippen LogP contribution in [0.5, 0.6) is 0 Å². The minimum absolute atomic E-state index is 0.115. The molecular formula is C41H50BrN9O9S2. The molecule has 332 valence electrons. The molecule has 2 aromatic carbocycles. The third-order valence-electron chi connectivity index (χ3n) is 9.55. The fourth-order valence-electron chi connectivity index (χ4n) is 6.43. The normalized spacial score (nSPS) is 12.3. The van der Waals surface area contributed by atoms with Gasteiger partial charge in [-0.1, -0.05) is 77.6 Å². The van der Waals surface area contributed by atoms with Crippen LogP contribution >= 0.6 is 39.5 Å². The second-order valence-corrected chi connectivity index (χ2v) is 17.1. The number of anilines is 1. The number of hydrogen-bond donors (Lipinski definition) is 2. The number of methoxy groups -OCH3 is 1. The van der Waals surface area contributed by atoms with E-state index in [2.05, 4.69) is 30.9 Å². The number of aromatic amines is 1. The van der Waals surface area contributed by atoms with E-state index in [9.17, 15) is 28.8 Å². The van der Waals surface area contributed by atoms with Gasteiger partial charge in [-0.2, -0.15) is 0 Å². The van der Waals surface area contributed by atoms with Gasteiger partial charge in [-0.25, -0.2) is 19.6 Å². The molecule has 0 saturated carbocycles. The second-order valence-electron chi connectivity index (χ2n) is 13.8. The number of ether oxygens (including phenoxy) is 3. The average Bonchev–Trinajstić information content (AvgIpc) is 3.78. The van der Waals surface area contributed by atoms with E-state index < -0.39 is 33.0 Å². The van der Waals surface area contributed by atoms with E-state index in [1.54, 1.807) is 43.1 Å². The number of halogens is 1. The van der Waals surface area contributed by atoms with Crippen LogP contribution in [0.25, 0.3) is 22.3 Å². The molecule has 0 aliphatic heterocycles. The zero-order chi connectivity index (χ0) is 45.2. The number of esters is 2. The molecule has 2 atom stereocenters. The summed E-state index contributed by atoms with van der Waals surface area (Å²) in [5, 5.41) is -0.0475. The van der Waals surface area contributed by atoms with Gasteiger partial charge < -0.3 is 29.1 Å². The van der Waals surface area contributed by atoms with Crippen molar-refractivity contribution in [2.75, 3.05) is 32.7 Å². The Morgan fingerprint density at radius 2 is 1.31 bits per heavy atom. The number of carbonyl (C=O) groups excluding carboxylic acids is 2. The highest BCUT2D eigenvalue weighted by Gasteiger charge is 2.27. The number of aromatic nitrogens is 8. The van der Waals surface area contributed by atoms with Crippen LogP contribution in [0.1, 0.15) is 51.7 Å². The molecule has 0 radical (unpaired) electrons. The number of carbonyl (C=O) groups is 2. The van der Waals surface area contributed by atoms with Crippen LogP contribution < -0.4 is 28.2 Å². The van der Waals surface area contributed by atoms with Gasteiger partial charge in [0.05, 0.1) is 39.5 Å². The zero-order valence-corrected chi connectivity index (χ0v) is 38.7. The summed E-state index contributed by atoms with van der Waals surface area (Å²) in [6, 6.07) is 15.0. The Balaban J connectivity index is 0.000000236. The first-order chi connectivity index (χ1) is 29.7. The molecule has 4 heterocycles. The molecule has 21 heteroatoms. The van der Waals surface area contributed by atoms with Crippen molar-refractivity contribution in [3.63, 3.8) is 0 Å². The van der Waals surface area contributed by atoms with Gasteiger partial charge in [0.2, 0.25) is 0 Å². The molecule has 18 nitrogen and oxygen atoms in total. The third kappa shape index (κ3) is 10.8. The standard InChI is InChI=1S/C22H29N5O5S.C19H21BrN4O4S/c1-5-16(20(29)32-6-2)33-21-24-18-17(27(21)13-14-8-7-9-15(23)12-14)19(28)26(10-11-31-4)22(30)25(18)3;1-4-13(17(26)28-5-2)29-19-21-15-14(16(25)22-18(27)23(15)3)24(19)10-11-7-6-8-12(20)9-11/h7-9,12,16H,5-6,10-11,13,23H2,1-4H3;6-9,13H,4-5,10H2,1-3H3,(H,22,25,27). The smallest absolute Gasteiger partial charge is 0.332 e. The van der Waals surface area contributed by atoms with Gasteiger partial charge in [-0.3, -0.25) is 37.9 Å². The minimum Gasteiger partial charge on any atom is -0.465 e. The molecule has 0 amide bonds. The second kappa shape index (κ2) is 21.6. The number of nitrogen functional groups attached to an aromatic ring is 1. The molecule has 62 heavy (non-hydrogen) atoms. The summed E-state index contributed by atoms with van der Waals surface area (Å²) in [6.07, 6.45) is 1.06. The number of thioether (sulfide) groups is 2. The lowest BCUT2D eigenvalue weighted by Gasteiger charge is -2.15. The first kappa shape index (κ1) is 47.7. The van der Waals surface area contributed by atoms with Crippen molar-refractivity contribution in [1.29, 1.82) is 0 Å². The van der Waals surface area contributed by atoms with E-state index in [0.717, 1.165) is 20.2 Å². The van der Waals surface area contributed by atoms with Crippen molar-refractivity contribution in [3.05, 3.63) is 106 Å². The summed E-state index contributed by atoms with van der Waals surface area (Å²) < 4.78 is 23.6. The van der Waals surface area contributed by atoms with Crippen molar-refractivity contribution in [3.8, 4) is 0 Å². The van der Waals surface area contributed by atoms with Crippen LogP contribution in [0, 0.1) is 0 Å². The molecule has 0 aliphatic carbocycles. The summed E-state index contributed by atoms with van der Waals surface area (Å²) in [6.45, 7) is 8.82. The van der Waals surface area contributed by atoms with Gasteiger partial charge in [0.25, 0.3) is 11.1 Å². The SMILES string of the molecule is CCOC(=O)C(CC)Sc1nc2c(c(=O)[nH]c(=O)n2C)n1Cc1cccc(Br)c1.CCOC(=O)C(CC)Sc1nc2c(c(=O)n(CCOC)c(=O)n2C)n1Cc1cccc(N)c1. The number of aryl methyl sites for hydroxylation is 2. The number of hydrogen-bond acceptors (Lipinski definition) is 14. The van der Waals surface area contributed by atoms with Crippen molar-refractivity contribution in [1.82, 2.24) is 37.8 Å². The topological polar surface area (TPSA) is 222 Å². The predicted molar refractivity (Wildman–Crippen MR) is 243 cm³/mol. The summed E-state index contributed by atoms with van der Waals surface area (Å²) >= 11 is 5.90. The fraction of sp³-hybridized carbons (Fsp3) is 0.415. The number of fused-ring (bicyclic) bond motifs is 2. The van der Waals surface area contributed by atoms with Crippen molar-refractivity contribution < 1.29 is 23.8 Å². The van der Waals surface area contributed by atoms with Gasteiger partial charge in [-0.05, 0) is 62.1 Å². The Morgan fingerprint density at radius 1 is 0.774 bits per heavy atom. The number of nitrogens with zero attached hydrogens (tertiary/aromatic N) is 7. The molecule has 0 aliphatic rings. The monoisotopic (exact) mass is 955 g/mol. The molecule has 2 unspecified atom stereocenters. The molecule has 0 bridgehead atoms. The zero-order valence-electron chi connectivity index (χ0n) is 35.5. The van der Waals surface area contributed by atoms with E-state index in [1.807, 2.05) is 56.3 Å². The highest BCUT2D eigenvalue weighted by atomic mass is 79.9. The maximum atomic E-state index is 13.4. The van der Waals surface area contributed by atoms with E-state index in [4.69, 9.17) is 19.9 Å². The third-order valence-corrected chi connectivity index (χ3v) is 12.7. The molecule has 3 N–H and O–H groups in total. The molecule has 0 spiro atoms. The number of rotatable bonds is 17. The number of nitrogens with two attached hydrogens (primary N) is 1. The molecular weight excluding hydrogens is 907 g/mol. The molecule has 0 saturated heterocycles. The summed E-state index contributed by atoms with van der Waals surface area (Å²) in [7, 11) is 4.63.